The molecule has 7 nitrogen and oxygen atoms in total. The molecule has 0 heterocycles. The molecule has 0 saturated heterocycles. The zero-order chi connectivity index (χ0) is 22.6. The van der Waals surface area contributed by atoms with Gasteiger partial charge in [0.1, 0.15) is 6.54 Å². The molecule has 3 rings (SSSR count). The highest BCUT2D eigenvalue weighted by Gasteiger charge is 2.29. The summed E-state index contributed by atoms with van der Waals surface area (Å²) in [4.78, 5) is 23.9. The van der Waals surface area contributed by atoms with Crippen LogP contribution in [0.5, 0.6) is 0 Å². The largest absolute Gasteiger partial charge is 0.366 e. The first kappa shape index (κ1) is 22.6. The predicted octanol–water partition coefficient (Wildman–Crippen LogP) is 3.93. The molecule has 0 aliphatic carbocycles. The maximum Gasteiger partial charge on any atom is 0.264 e. The van der Waals surface area contributed by atoms with Crippen molar-refractivity contribution in [3.63, 3.8) is 0 Å². The van der Waals surface area contributed by atoms with E-state index < -0.39 is 28.4 Å². The second kappa shape index (κ2) is 9.38. The van der Waals surface area contributed by atoms with Gasteiger partial charge < -0.3 is 11.1 Å². The van der Waals surface area contributed by atoms with Crippen molar-refractivity contribution in [2.75, 3.05) is 16.2 Å². The van der Waals surface area contributed by atoms with Crippen molar-refractivity contribution in [1.29, 1.82) is 0 Å². The smallest absolute Gasteiger partial charge is 0.264 e. The first-order valence-electron chi connectivity index (χ1n) is 8.91. The maximum absolute atomic E-state index is 13.3. The maximum atomic E-state index is 13.3. The third-order valence-electron chi connectivity index (χ3n) is 4.27. The Hall–Kier alpha value is -3.07. The standard InChI is InChI=1S/C21H17Cl2N3O4S/c22-17-7-4-8-18(20(17)23)26(31(29,30)16-5-2-1-3-6-16)13-19(27)25-15-11-9-14(10-12-15)21(24)28/h1-12H,13H2,(H2,24,28)(H,25,27). The van der Waals surface area contributed by atoms with Crippen molar-refractivity contribution < 1.29 is 18.0 Å². The van der Waals surface area contributed by atoms with Gasteiger partial charge >= 0.3 is 0 Å². The van der Waals surface area contributed by atoms with E-state index in [0.29, 0.717) is 5.69 Å². The summed E-state index contributed by atoms with van der Waals surface area (Å²) >= 11 is 12.3. The molecule has 3 aromatic carbocycles. The van der Waals surface area contributed by atoms with Gasteiger partial charge in [0.25, 0.3) is 10.0 Å². The fourth-order valence-corrected chi connectivity index (χ4v) is 4.65. The zero-order valence-electron chi connectivity index (χ0n) is 16.0. The Balaban J connectivity index is 1.94. The van der Waals surface area contributed by atoms with Gasteiger partial charge in [-0.3, -0.25) is 13.9 Å². The summed E-state index contributed by atoms with van der Waals surface area (Å²) in [7, 11) is -4.13. The summed E-state index contributed by atoms with van der Waals surface area (Å²) in [6.07, 6.45) is 0. The fraction of sp³-hybridized carbons (Fsp3) is 0.0476. The normalized spacial score (nSPS) is 11.0. The highest BCUT2D eigenvalue weighted by molar-refractivity contribution is 7.92. The lowest BCUT2D eigenvalue weighted by Crippen LogP contribution is -2.38. The van der Waals surface area contributed by atoms with E-state index in [-0.39, 0.29) is 26.2 Å². The molecule has 0 bridgehead atoms. The van der Waals surface area contributed by atoms with Crippen molar-refractivity contribution >= 4 is 56.4 Å². The van der Waals surface area contributed by atoms with E-state index in [2.05, 4.69) is 5.32 Å². The Labute approximate surface area is 189 Å². The summed E-state index contributed by atoms with van der Waals surface area (Å²) in [6.45, 7) is -0.561. The van der Waals surface area contributed by atoms with Crippen molar-refractivity contribution in [3.8, 4) is 0 Å². The van der Waals surface area contributed by atoms with E-state index in [1.54, 1.807) is 18.2 Å². The minimum atomic E-state index is -4.13. The Morgan fingerprint density at radius 1 is 0.903 bits per heavy atom. The van der Waals surface area contributed by atoms with Gasteiger partial charge in [-0.05, 0) is 48.5 Å². The van der Waals surface area contributed by atoms with Crippen LogP contribution in [0, 0.1) is 0 Å². The number of halogens is 2. The summed E-state index contributed by atoms with van der Waals surface area (Å²) in [6, 6.07) is 18.0. The molecule has 0 aliphatic heterocycles. The molecule has 0 spiro atoms. The number of sulfonamides is 1. The van der Waals surface area contributed by atoms with Crippen LogP contribution in [0.25, 0.3) is 0 Å². The second-order valence-electron chi connectivity index (χ2n) is 6.39. The molecule has 10 heteroatoms. The van der Waals surface area contributed by atoms with Gasteiger partial charge in [0.2, 0.25) is 11.8 Å². The molecular weight excluding hydrogens is 461 g/mol. The summed E-state index contributed by atoms with van der Waals surface area (Å²) in [5.41, 5.74) is 5.91. The Bertz CT molecular complexity index is 1220. The first-order valence-corrected chi connectivity index (χ1v) is 11.1. The summed E-state index contributed by atoms with van der Waals surface area (Å²) in [5.74, 6) is -1.23. The van der Waals surface area contributed by atoms with Crippen LogP contribution in [0.1, 0.15) is 10.4 Å². The average Bonchev–Trinajstić information content (AvgIpc) is 2.75. The molecule has 31 heavy (non-hydrogen) atoms. The summed E-state index contributed by atoms with van der Waals surface area (Å²) < 4.78 is 27.5. The SMILES string of the molecule is NC(=O)c1ccc(NC(=O)CN(c2cccc(Cl)c2Cl)S(=O)(=O)c2ccccc2)cc1. The molecule has 0 saturated carbocycles. The number of hydrogen-bond donors (Lipinski definition) is 2. The molecule has 0 radical (unpaired) electrons. The molecule has 0 unspecified atom stereocenters. The van der Waals surface area contributed by atoms with E-state index in [0.717, 1.165) is 4.31 Å². The molecule has 0 atom stereocenters. The number of benzene rings is 3. The number of anilines is 2. The third-order valence-corrected chi connectivity index (χ3v) is 6.85. The van der Waals surface area contributed by atoms with Gasteiger partial charge in [-0.15, -0.1) is 0 Å². The topological polar surface area (TPSA) is 110 Å². The van der Waals surface area contributed by atoms with Crippen molar-refractivity contribution in [2.24, 2.45) is 5.73 Å². The first-order chi connectivity index (χ1) is 14.7. The number of carbonyl (C=O) groups excluding carboxylic acids is 2. The van der Waals surface area contributed by atoms with Crippen LogP contribution in [-0.4, -0.2) is 26.8 Å². The number of amides is 2. The predicted molar refractivity (Wildman–Crippen MR) is 121 cm³/mol. The molecule has 0 aromatic heterocycles. The van der Waals surface area contributed by atoms with E-state index in [1.165, 1.54) is 54.6 Å². The Morgan fingerprint density at radius 3 is 2.16 bits per heavy atom. The van der Waals surface area contributed by atoms with Gasteiger partial charge in [-0.1, -0.05) is 47.5 Å². The molecule has 0 fully saturated rings. The minimum Gasteiger partial charge on any atom is -0.366 e. The van der Waals surface area contributed by atoms with Crippen LogP contribution in [0.4, 0.5) is 11.4 Å². The number of nitrogens with zero attached hydrogens (tertiary/aromatic N) is 1. The van der Waals surface area contributed by atoms with Gasteiger partial charge in [0.05, 0.1) is 20.6 Å². The van der Waals surface area contributed by atoms with Crippen LogP contribution in [0.2, 0.25) is 10.0 Å². The molecule has 2 amide bonds. The van der Waals surface area contributed by atoms with E-state index in [9.17, 15) is 18.0 Å². The number of rotatable bonds is 7. The van der Waals surface area contributed by atoms with Gasteiger partial charge in [0.15, 0.2) is 0 Å². The molecule has 3 aromatic rings. The van der Waals surface area contributed by atoms with E-state index in [1.807, 2.05) is 0 Å². The van der Waals surface area contributed by atoms with Crippen LogP contribution in [0.15, 0.2) is 77.7 Å². The minimum absolute atomic E-state index is 0.00211. The van der Waals surface area contributed by atoms with Crippen LogP contribution < -0.4 is 15.4 Å². The number of hydrogen-bond acceptors (Lipinski definition) is 4. The molecule has 0 aliphatic rings. The highest BCUT2D eigenvalue weighted by atomic mass is 35.5. The van der Waals surface area contributed by atoms with Gasteiger partial charge in [-0.25, -0.2) is 8.42 Å². The Morgan fingerprint density at radius 2 is 1.55 bits per heavy atom. The second-order valence-corrected chi connectivity index (χ2v) is 9.03. The lowest BCUT2D eigenvalue weighted by atomic mass is 10.2. The fourth-order valence-electron chi connectivity index (χ4n) is 2.75. The number of nitrogens with one attached hydrogen (secondary N) is 1. The van der Waals surface area contributed by atoms with Crippen molar-refractivity contribution in [2.45, 2.75) is 4.90 Å². The van der Waals surface area contributed by atoms with Crippen LogP contribution in [0.3, 0.4) is 0 Å². The highest BCUT2D eigenvalue weighted by Crippen LogP contribution is 2.35. The van der Waals surface area contributed by atoms with E-state index in [4.69, 9.17) is 28.9 Å². The van der Waals surface area contributed by atoms with Crippen LogP contribution in [-0.2, 0) is 14.8 Å². The number of carbonyl (C=O) groups is 2. The van der Waals surface area contributed by atoms with Crippen molar-refractivity contribution in [3.05, 3.63) is 88.4 Å². The zero-order valence-corrected chi connectivity index (χ0v) is 18.3. The lowest BCUT2D eigenvalue weighted by Gasteiger charge is -2.25. The Kier molecular flexibility index (Phi) is 6.84. The van der Waals surface area contributed by atoms with Gasteiger partial charge in [-0.2, -0.15) is 0 Å². The third kappa shape index (κ3) is 5.16. The summed E-state index contributed by atoms with van der Waals surface area (Å²) in [5, 5.41) is 2.74. The van der Waals surface area contributed by atoms with Crippen molar-refractivity contribution in [1.82, 2.24) is 0 Å². The molecule has 3 N–H and O–H groups in total. The number of primary amides is 1. The average molecular weight is 478 g/mol. The monoisotopic (exact) mass is 477 g/mol. The van der Waals surface area contributed by atoms with Crippen LogP contribution >= 0.6 is 23.2 Å². The van der Waals surface area contributed by atoms with Gasteiger partial charge in [0, 0.05) is 11.3 Å². The van der Waals surface area contributed by atoms with E-state index >= 15 is 0 Å². The quantitative estimate of drug-likeness (QED) is 0.536. The molecule has 160 valence electrons. The molecular formula is C21H17Cl2N3O4S. The number of nitrogens with two attached hydrogens (primary N) is 1. The lowest BCUT2D eigenvalue weighted by molar-refractivity contribution is -0.114.